The Morgan fingerprint density at radius 3 is 2.84 bits per heavy atom. The number of nitrogens with zero attached hydrogens (tertiary/aromatic N) is 2. The Balaban J connectivity index is 1.36. The maximum Gasteiger partial charge on any atom is 0.586 e. The van der Waals surface area contributed by atoms with Gasteiger partial charge in [0.2, 0.25) is 5.91 Å². The summed E-state index contributed by atoms with van der Waals surface area (Å²) in [6.45, 7) is 3.15. The van der Waals surface area contributed by atoms with E-state index in [-0.39, 0.29) is 36.6 Å². The number of aliphatic hydroxyl groups excluding tert-OH is 1. The number of ether oxygens (including phenoxy) is 4. The highest BCUT2D eigenvalue weighted by atomic mass is 19.3. The third kappa shape index (κ3) is 3.56. The number of nitrogens with one attached hydrogen (secondary N) is 1. The van der Waals surface area contributed by atoms with Gasteiger partial charge in [-0.05, 0) is 25.1 Å². The van der Waals surface area contributed by atoms with Gasteiger partial charge in [-0.25, -0.2) is 4.98 Å². The molecule has 2 N–H and O–H groups in total. The number of alkyl halides is 2. The smallest absolute Gasteiger partial charge is 0.492 e. The molecule has 1 aromatic heterocycles. The first-order valence-corrected chi connectivity index (χ1v) is 10.1. The topological polar surface area (TPSA) is 102 Å². The number of carbonyl (C=O) groups is 1. The molecule has 1 saturated heterocycles. The third-order valence-corrected chi connectivity index (χ3v) is 5.76. The van der Waals surface area contributed by atoms with Crippen LogP contribution in [0.3, 0.4) is 0 Å². The molecule has 0 aliphatic carbocycles. The maximum absolute atomic E-state index is 13.4. The van der Waals surface area contributed by atoms with Crippen LogP contribution in [-0.2, 0) is 14.9 Å². The lowest BCUT2D eigenvalue weighted by Crippen LogP contribution is -2.44. The Labute approximate surface area is 181 Å². The van der Waals surface area contributed by atoms with Crippen molar-refractivity contribution in [2.24, 2.45) is 0 Å². The van der Waals surface area contributed by atoms with E-state index >= 15 is 0 Å². The number of amides is 1. The number of carbonyl (C=O) groups excluding carboxylic acids is 1. The molecule has 170 valence electrons. The predicted octanol–water partition coefficient (Wildman–Crippen LogP) is 1.89. The van der Waals surface area contributed by atoms with Crippen LogP contribution in [0.5, 0.6) is 17.2 Å². The van der Waals surface area contributed by atoms with Crippen molar-refractivity contribution < 1.29 is 37.6 Å². The quantitative estimate of drug-likeness (QED) is 0.730. The summed E-state index contributed by atoms with van der Waals surface area (Å²) in [7, 11) is 0. The Hall–Kier alpha value is -3.18. The van der Waals surface area contributed by atoms with Crippen molar-refractivity contribution in [2.75, 3.05) is 43.1 Å². The monoisotopic (exact) mass is 449 g/mol. The van der Waals surface area contributed by atoms with E-state index < -0.39 is 17.6 Å². The number of hydrogen-bond acceptors (Lipinski definition) is 8. The Morgan fingerprint density at radius 1 is 1.28 bits per heavy atom. The van der Waals surface area contributed by atoms with Gasteiger partial charge < -0.3 is 34.3 Å². The molecule has 2 atom stereocenters. The Bertz CT molecular complexity index is 1070. The molecule has 5 rings (SSSR count). The van der Waals surface area contributed by atoms with Crippen molar-refractivity contribution in [3.8, 4) is 17.2 Å². The average molecular weight is 449 g/mol. The van der Waals surface area contributed by atoms with Crippen LogP contribution in [0.4, 0.5) is 20.4 Å². The van der Waals surface area contributed by atoms with E-state index in [1.54, 1.807) is 19.1 Å². The Morgan fingerprint density at radius 2 is 2.06 bits per heavy atom. The zero-order valence-electron chi connectivity index (χ0n) is 17.1. The molecule has 0 spiro atoms. The van der Waals surface area contributed by atoms with Crippen molar-refractivity contribution >= 4 is 17.5 Å². The first kappa shape index (κ1) is 20.7. The van der Waals surface area contributed by atoms with Crippen LogP contribution in [0, 0.1) is 0 Å². The van der Waals surface area contributed by atoms with E-state index in [9.17, 15) is 18.7 Å². The number of pyridine rings is 1. The summed E-state index contributed by atoms with van der Waals surface area (Å²) >= 11 is 0. The van der Waals surface area contributed by atoms with Gasteiger partial charge in [-0.2, -0.15) is 0 Å². The molecular weight excluding hydrogens is 428 g/mol. The van der Waals surface area contributed by atoms with Crippen molar-refractivity contribution in [1.82, 2.24) is 4.98 Å². The van der Waals surface area contributed by atoms with Gasteiger partial charge in [0.15, 0.2) is 11.5 Å². The highest BCUT2D eigenvalue weighted by Gasteiger charge is 2.49. The SMILES string of the molecule is C[C@]1(C(=O)Nc2cccc(N3CCOC(CO)C3)n2)COc2cc3c(cc21)OC(F)(F)O3. The minimum atomic E-state index is -3.75. The largest absolute Gasteiger partial charge is 0.586 e. The standard InChI is InChI=1S/C21H21F2N3O6/c1-20(11-30-14-8-16-15(7-13(14)20)31-21(22,23)32-16)19(28)25-17-3-2-4-18(24-17)26-5-6-29-12(9-26)10-27/h2-4,7-8,12,27H,5-6,9-11H2,1H3,(H,24,25,28)/t12?,20-/m0/s1. The number of morpholine rings is 1. The second-order valence-electron chi connectivity index (χ2n) is 8.04. The molecule has 1 aromatic carbocycles. The number of benzene rings is 1. The number of fused-ring (bicyclic) bond motifs is 2. The summed E-state index contributed by atoms with van der Waals surface area (Å²) in [6, 6.07) is 7.89. The highest BCUT2D eigenvalue weighted by Crippen LogP contribution is 2.50. The molecule has 0 saturated carbocycles. The molecule has 2 aromatic rings. The molecule has 1 fully saturated rings. The number of anilines is 2. The molecular formula is C21H21F2N3O6. The molecule has 3 aliphatic heterocycles. The van der Waals surface area contributed by atoms with Crippen LogP contribution < -0.4 is 24.4 Å². The van der Waals surface area contributed by atoms with Gasteiger partial charge in [0.25, 0.3) is 0 Å². The summed E-state index contributed by atoms with van der Waals surface area (Å²) in [4.78, 5) is 19.7. The fourth-order valence-corrected chi connectivity index (χ4v) is 3.98. The fourth-order valence-electron chi connectivity index (χ4n) is 3.98. The minimum Gasteiger partial charge on any atom is -0.492 e. The van der Waals surface area contributed by atoms with E-state index in [1.165, 1.54) is 12.1 Å². The zero-order valence-corrected chi connectivity index (χ0v) is 17.1. The van der Waals surface area contributed by atoms with Gasteiger partial charge in [0.1, 0.15) is 29.4 Å². The molecule has 1 unspecified atom stereocenters. The van der Waals surface area contributed by atoms with E-state index in [1.807, 2.05) is 11.0 Å². The molecule has 0 radical (unpaired) electrons. The van der Waals surface area contributed by atoms with Gasteiger partial charge in [-0.15, -0.1) is 8.78 Å². The van der Waals surface area contributed by atoms with Crippen molar-refractivity contribution in [3.63, 3.8) is 0 Å². The molecule has 3 aliphatic rings. The van der Waals surface area contributed by atoms with E-state index in [4.69, 9.17) is 9.47 Å². The second-order valence-corrected chi connectivity index (χ2v) is 8.04. The molecule has 1 amide bonds. The highest BCUT2D eigenvalue weighted by molar-refractivity contribution is 5.99. The molecule has 32 heavy (non-hydrogen) atoms. The van der Waals surface area contributed by atoms with Crippen molar-refractivity contribution in [2.45, 2.75) is 24.7 Å². The number of aliphatic hydroxyl groups is 1. The van der Waals surface area contributed by atoms with Crippen LogP contribution in [-0.4, -0.2) is 61.3 Å². The first-order valence-electron chi connectivity index (χ1n) is 10.1. The summed E-state index contributed by atoms with van der Waals surface area (Å²) in [5.74, 6) is 0.572. The van der Waals surface area contributed by atoms with Crippen LogP contribution in [0.1, 0.15) is 12.5 Å². The molecule has 4 heterocycles. The summed E-state index contributed by atoms with van der Waals surface area (Å²) in [5.41, 5.74) is -0.727. The van der Waals surface area contributed by atoms with Crippen LogP contribution in [0.25, 0.3) is 0 Å². The number of hydrogen-bond donors (Lipinski definition) is 2. The first-order chi connectivity index (χ1) is 15.3. The van der Waals surface area contributed by atoms with Crippen molar-refractivity contribution in [1.29, 1.82) is 0 Å². The average Bonchev–Trinajstić information content (AvgIpc) is 3.27. The van der Waals surface area contributed by atoms with Gasteiger partial charge in [-0.1, -0.05) is 6.07 Å². The molecule has 11 heteroatoms. The lowest BCUT2D eigenvalue weighted by molar-refractivity contribution is -0.286. The lowest BCUT2D eigenvalue weighted by atomic mass is 9.83. The van der Waals surface area contributed by atoms with Gasteiger partial charge in [0, 0.05) is 24.7 Å². The second kappa shape index (κ2) is 7.45. The number of aromatic nitrogens is 1. The van der Waals surface area contributed by atoms with Gasteiger partial charge >= 0.3 is 6.29 Å². The van der Waals surface area contributed by atoms with E-state index in [0.29, 0.717) is 36.9 Å². The van der Waals surface area contributed by atoms with E-state index in [0.717, 1.165) is 0 Å². The minimum absolute atomic E-state index is 0.0226. The van der Waals surface area contributed by atoms with Crippen LogP contribution in [0.15, 0.2) is 30.3 Å². The van der Waals surface area contributed by atoms with E-state index in [2.05, 4.69) is 19.8 Å². The number of rotatable bonds is 4. The number of halogens is 2. The maximum atomic E-state index is 13.4. The predicted molar refractivity (Wildman–Crippen MR) is 107 cm³/mol. The Kier molecular flexibility index (Phi) is 4.82. The summed E-state index contributed by atoms with van der Waals surface area (Å²) in [6.07, 6.45) is -4.05. The van der Waals surface area contributed by atoms with Gasteiger partial charge in [-0.3, -0.25) is 4.79 Å². The van der Waals surface area contributed by atoms with Crippen LogP contribution >= 0.6 is 0 Å². The fraction of sp³-hybridized carbons (Fsp3) is 0.429. The molecule has 9 nitrogen and oxygen atoms in total. The van der Waals surface area contributed by atoms with Gasteiger partial charge in [0.05, 0.1) is 19.3 Å². The normalized spacial score (nSPS) is 25.2. The summed E-state index contributed by atoms with van der Waals surface area (Å²) in [5, 5.41) is 12.1. The third-order valence-electron chi connectivity index (χ3n) is 5.76. The molecule has 0 bridgehead atoms. The van der Waals surface area contributed by atoms with Crippen molar-refractivity contribution in [3.05, 3.63) is 35.9 Å². The lowest BCUT2D eigenvalue weighted by Gasteiger charge is -2.33. The zero-order chi connectivity index (χ0) is 22.5. The van der Waals surface area contributed by atoms with Crippen LogP contribution in [0.2, 0.25) is 0 Å². The summed E-state index contributed by atoms with van der Waals surface area (Å²) < 4.78 is 46.8.